The van der Waals surface area contributed by atoms with Crippen molar-refractivity contribution in [3.8, 4) is 0 Å². The predicted octanol–water partition coefficient (Wildman–Crippen LogP) is 6.18. The number of rotatable bonds is 7. The zero-order chi connectivity index (χ0) is 18.9. The maximum absolute atomic E-state index is 12.6. The molecule has 2 bridgehead atoms. The molecule has 0 saturated heterocycles. The lowest BCUT2D eigenvalue weighted by Crippen LogP contribution is -2.56. The van der Waals surface area contributed by atoms with Gasteiger partial charge >= 0.3 is 12.4 Å². The van der Waals surface area contributed by atoms with Crippen molar-refractivity contribution in [2.45, 2.75) is 82.7 Å². The van der Waals surface area contributed by atoms with Gasteiger partial charge in [-0.15, -0.1) is 0 Å². The van der Waals surface area contributed by atoms with Crippen LogP contribution in [-0.4, -0.2) is 23.1 Å². The number of halogens is 6. The minimum Gasteiger partial charge on any atom is -0.374 e. The first kappa shape index (κ1) is 20.6. The van der Waals surface area contributed by atoms with Crippen molar-refractivity contribution < 1.29 is 31.4 Å². The van der Waals surface area contributed by atoms with E-state index in [0.717, 1.165) is 12.3 Å². The summed E-state index contributed by atoms with van der Waals surface area (Å²) in [6, 6.07) is 0. The average Bonchev–Trinajstić information content (AvgIpc) is 3.09. The number of hydrogen-bond donors (Lipinski definition) is 1. The van der Waals surface area contributed by atoms with E-state index in [-0.39, 0.29) is 0 Å². The predicted molar refractivity (Wildman–Crippen MR) is 82.8 cm³/mol. The number of hydrogen-bond acceptors (Lipinski definition) is 1. The molecule has 0 radical (unpaired) electrons. The zero-order valence-electron chi connectivity index (χ0n) is 14.4. The van der Waals surface area contributed by atoms with Crippen LogP contribution in [0.5, 0.6) is 0 Å². The third kappa shape index (κ3) is 4.01. The molecule has 2 saturated carbocycles. The summed E-state index contributed by atoms with van der Waals surface area (Å²) < 4.78 is 75.6. The van der Waals surface area contributed by atoms with Gasteiger partial charge in [-0.1, -0.05) is 25.5 Å². The summed E-state index contributed by atoms with van der Waals surface area (Å²) in [6.07, 6.45) is -2.56. The Kier molecular flexibility index (Phi) is 5.87. The molecule has 25 heavy (non-hydrogen) atoms. The van der Waals surface area contributed by atoms with E-state index in [1.54, 1.807) is 6.08 Å². The molecule has 2 aliphatic rings. The highest BCUT2D eigenvalue weighted by Crippen LogP contribution is 2.59. The maximum Gasteiger partial charge on any atom is 0.426 e. The molecule has 1 atom stereocenters. The Morgan fingerprint density at radius 1 is 1.04 bits per heavy atom. The molecule has 1 N–H and O–H groups in total. The van der Waals surface area contributed by atoms with Crippen LogP contribution in [0.4, 0.5) is 26.3 Å². The van der Waals surface area contributed by atoms with Gasteiger partial charge in [0.2, 0.25) is 0 Å². The summed E-state index contributed by atoms with van der Waals surface area (Å²) in [4.78, 5) is 0. The van der Waals surface area contributed by atoms with Crippen molar-refractivity contribution in [1.29, 1.82) is 0 Å². The fourth-order valence-electron chi connectivity index (χ4n) is 4.78. The number of alkyl halides is 6. The fourth-order valence-corrected chi connectivity index (χ4v) is 4.78. The first-order chi connectivity index (χ1) is 11.5. The van der Waals surface area contributed by atoms with Crippen LogP contribution in [0.15, 0.2) is 12.2 Å². The summed E-state index contributed by atoms with van der Waals surface area (Å²) in [5.41, 5.74) is -4.32. The summed E-state index contributed by atoms with van der Waals surface area (Å²) in [6.45, 7) is 2.09. The van der Waals surface area contributed by atoms with Crippen LogP contribution in [-0.2, 0) is 0 Å². The summed E-state index contributed by atoms with van der Waals surface area (Å²) in [5, 5.41) is 9.11. The van der Waals surface area contributed by atoms with Gasteiger partial charge in [-0.25, -0.2) is 0 Å². The van der Waals surface area contributed by atoms with Gasteiger partial charge in [-0.05, 0) is 68.6 Å². The first-order valence-electron chi connectivity index (χ1n) is 8.96. The second kappa shape index (κ2) is 7.12. The molecule has 0 heterocycles. The van der Waals surface area contributed by atoms with Crippen molar-refractivity contribution in [1.82, 2.24) is 0 Å². The smallest absolute Gasteiger partial charge is 0.374 e. The molecular formula is C18H26F6O. The van der Waals surface area contributed by atoms with Gasteiger partial charge in [-0.2, -0.15) is 26.3 Å². The van der Waals surface area contributed by atoms with Crippen LogP contribution in [0.25, 0.3) is 0 Å². The Labute approximate surface area is 144 Å². The topological polar surface area (TPSA) is 20.2 Å². The Bertz CT molecular complexity index is 457. The minimum absolute atomic E-state index is 0.322. The van der Waals surface area contributed by atoms with E-state index >= 15 is 0 Å². The molecule has 0 aromatic carbocycles. The highest BCUT2D eigenvalue weighted by molar-refractivity contribution is 5.02. The Morgan fingerprint density at radius 3 is 2.00 bits per heavy atom. The fraction of sp³-hybridized carbons (Fsp3) is 0.889. The normalized spacial score (nSPS) is 28.9. The molecule has 2 fully saturated rings. The van der Waals surface area contributed by atoms with Gasteiger partial charge in [0.1, 0.15) is 0 Å². The summed E-state index contributed by atoms with van der Waals surface area (Å²) in [7, 11) is 0. The zero-order valence-corrected chi connectivity index (χ0v) is 14.4. The molecule has 0 aromatic rings. The maximum atomic E-state index is 12.6. The number of allylic oxidation sites excluding steroid dienone is 2. The molecule has 0 aromatic heterocycles. The van der Waals surface area contributed by atoms with Crippen LogP contribution in [0.2, 0.25) is 0 Å². The molecule has 146 valence electrons. The van der Waals surface area contributed by atoms with E-state index < -0.39 is 30.8 Å². The minimum atomic E-state index is -5.73. The van der Waals surface area contributed by atoms with E-state index in [4.69, 9.17) is 5.11 Å². The second-order valence-electron chi connectivity index (χ2n) is 7.72. The molecule has 0 aliphatic heterocycles. The summed E-state index contributed by atoms with van der Waals surface area (Å²) in [5.74, 6) is 1.23. The molecule has 0 spiro atoms. The number of fused-ring (bicyclic) bond motifs is 2. The lowest BCUT2D eigenvalue weighted by molar-refractivity contribution is -0.369. The Balaban J connectivity index is 1.90. The van der Waals surface area contributed by atoms with Crippen LogP contribution in [0, 0.1) is 17.3 Å². The molecule has 1 unspecified atom stereocenters. The van der Waals surface area contributed by atoms with Crippen molar-refractivity contribution in [3.63, 3.8) is 0 Å². The van der Waals surface area contributed by atoms with Crippen LogP contribution in [0.1, 0.15) is 64.7 Å². The molecule has 0 amide bonds. The van der Waals surface area contributed by atoms with E-state index in [2.05, 4.69) is 6.92 Å². The third-order valence-corrected chi connectivity index (χ3v) is 6.35. The number of aliphatic hydroxyl groups is 1. The van der Waals surface area contributed by atoms with Crippen LogP contribution >= 0.6 is 0 Å². The summed E-state index contributed by atoms with van der Waals surface area (Å²) >= 11 is 0. The van der Waals surface area contributed by atoms with Crippen LogP contribution < -0.4 is 0 Å². The van der Waals surface area contributed by atoms with E-state index in [1.807, 2.05) is 0 Å². The van der Waals surface area contributed by atoms with Gasteiger partial charge in [0, 0.05) is 0 Å². The highest BCUT2D eigenvalue weighted by Gasteiger charge is 2.69. The SMILES string of the molecule is CCC(CC=CCCC(O)(C(F)(F)F)C(F)(F)F)C12CCC(CC1)C2. The largest absolute Gasteiger partial charge is 0.426 e. The van der Waals surface area contributed by atoms with Gasteiger partial charge in [-0.3, -0.25) is 0 Å². The highest BCUT2D eigenvalue weighted by atomic mass is 19.4. The molecular weight excluding hydrogens is 346 g/mol. The molecule has 7 heteroatoms. The second-order valence-corrected chi connectivity index (χ2v) is 7.72. The van der Waals surface area contributed by atoms with E-state index in [1.165, 1.54) is 38.2 Å². The quantitative estimate of drug-likeness (QED) is 0.418. The van der Waals surface area contributed by atoms with Crippen molar-refractivity contribution in [2.24, 2.45) is 17.3 Å². The Hall–Kier alpha value is -0.720. The van der Waals surface area contributed by atoms with Gasteiger partial charge in [0.25, 0.3) is 5.60 Å². The lowest BCUT2D eigenvalue weighted by Gasteiger charge is -2.35. The Morgan fingerprint density at radius 2 is 1.60 bits per heavy atom. The van der Waals surface area contributed by atoms with Crippen molar-refractivity contribution >= 4 is 0 Å². The third-order valence-electron chi connectivity index (χ3n) is 6.35. The van der Waals surface area contributed by atoms with E-state index in [0.29, 0.717) is 17.8 Å². The molecule has 2 aliphatic carbocycles. The van der Waals surface area contributed by atoms with Gasteiger partial charge in [0.15, 0.2) is 0 Å². The van der Waals surface area contributed by atoms with Crippen molar-refractivity contribution in [2.75, 3.05) is 0 Å². The van der Waals surface area contributed by atoms with Crippen LogP contribution in [0.3, 0.4) is 0 Å². The standard InChI is InChI=1S/C18H26F6O/c1-2-14(15-10-7-13(12-15)8-11-15)6-4-3-5-9-16(25,17(19,20)21)18(22,23)24/h3-4,13-14,25H,2,5-12H2,1H3. The molecule has 1 nitrogen and oxygen atoms in total. The van der Waals surface area contributed by atoms with Crippen molar-refractivity contribution in [3.05, 3.63) is 12.2 Å². The first-order valence-corrected chi connectivity index (χ1v) is 8.96. The average molecular weight is 372 g/mol. The van der Waals surface area contributed by atoms with Gasteiger partial charge in [0.05, 0.1) is 0 Å². The van der Waals surface area contributed by atoms with E-state index in [9.17, 15) is 26.3 Å². The molecule has 2 rings (SSSR count). The lowest BCUT2D eigenvalue weighted by atomic mass is 9.70. The monoisotopic (exact) mass is 372 g/mol. The van der Waals surface area contributed by atoms with Gasteiger partial charge < -0.3 is 5.11 Å².